The van der Waals surface area contributed by atoms with Crippen LogP contribution >= 0.6 is 11.3 Å². The summed E-state index contributed by atoms with van der Waals surface area (Å²) in [5.41, 5.74) is 0.971. The number of hydrogen-bond donors (Lipinski definition) is 1. The maximum Gasteiger partial charge on any atom is 0.185 e. The van der Waals surface area contributed by atoms with Crippen molar-refractivity contribution in [1.82, 2.24) is 4.98 Å². The summed E-state index contributed by atoms with van der Waals surface area (Å²) in [6, 6.07) is 0. The van der Waals surface area contributed by atoms with Gasteiger partial charge in [-0.2, -0.15) is 0 Å². The molecule has 1 aromatic rings. The largest absolute Gasteiger partial charge is 0.388 e. The van der Waals surface area contributed by atoms with Crippen LogP contribution in [0.4, 0.5) is 5.13 Å². The quantitative estimate of drug-likeness (QED) is 0.772. The Kier molecular flexibility index (Phi) is 6.96. The minimum atomic E-state index is -0.418. The molecule has 0 aromatic carbocycles. The summed E-state index contributed by atoms with van der Waals surface area (Å²) in [7, 11) is 0. The SMILES string of the molecule is Cc1nc(N(CCC(C)C)CCC(C)C)sc1C(C)O. The Morgan fingerprint density at radius 2 is 1.55 bits per heavy atom. The van der Waals surface area contributed by atoms with Gasteiger partial charge in [0, 0.05) is 13.1 Å². The normalized spacial score (nSPS) is 13.2. The molecular formula is C16H30N2OS. The predicted octanol–water partition coefficient (Wildman–Crippen LogP) is 4.40. The molecule has 20 heavy (non-hydrogen) atoms. The lowest BCUT2D eigenvalue weighted by molar-refractivity contribution is 0.202. The molecule has 0 aliphatic heterocycles. The first-order chi connectivity index (χ1) is 9.31. The molecule has 1 unspecified atom stereocenters. The highest BCUT2D eigenvalue weighted by Crippen LogP contribution is 2.31. The number of hydrogen-bond acceptors (Lipinski definition) is 4. The summed E-state index contributed by atoms with van der Waals surface area (Å²) in [6.07, 6.45) is 1.94. The van der Waals surface area contributed by atoms with Crippen LogP contribution in [-0.4, -0.2) is 23.2 Å². The molecular weight excluding hydrogens is 268 g/mol. The summed E-state index contributed by atoms with van der Waals surface area (Å²) in [5, 5.41) is 10.9. The molecule has 4 heteroatoms. The molecule has 116 valence electrons. The van der Waals surface area contributed by atoms with Gasteiger partial charge in [-0.3, -0.25) is 0 Å². The summed E-state index contributed by atoms with van der Waals surface area (Å²) >= 11 is 1.64. The molecule has 0 saturated heterocycles. The van der Waals surface area contributed by atoms with Crippen LogP contribution in [0, 0.1) is 18.8 Å². The van der Waals surface area contributed by atoms with Crippen molar-refractivity contribution < 1.29 is 5.11 Å². The minimum Gasteiger partial charge on any atom is -0.388 e. The van der Waals surface area contributed by atoms with Gasteiger partial charge in [-0.1, -0.05) is 39.0 Å². The van der Waals surface area contributed by atoms with E-state index in [4.69, 9.17) is 0 Å². The van der Waals surface area contributed by atoms with Crippen LogP contribution in [0.1, 0.15) is 64.1 Å². The number of aliphatic hydroxyl groups excluding tert-OH is 1. The van der Waals surface area contributed by atoms with Gasteiger partial charge in [0.1, 0.15) is 0 Å². The van der Waals surface area contributed by atoms with E-state index in [1.165, 1.54) is 12.8 Å². The Morgan fingerprint density at radius 1 is 1.05 bits per heavy atom. The van der Waals surface area contributed by atoms with E-state index in [9.17, 15) is 5.11 Å². The summed E-state index contributed by atoms with van der Waals surface area (Å²) in [6.45, 7) is 14.9. The van der Waals surface area contributed by atoms with E-state index in [1.807, 2.05) is 13.8 Å². The van der Waals surface area contributed by atoms with Crippen LogP contribution in [-0.2, 0) is 0 Å². The Hall–Kier alpha value is -0.610. The lowest BCUT2D eigenvalue weighted by Crippen LogP contribution is -2.27. The van der Waals surface area contributed by atoms with Gasteiger partial charge in [-0.05, 0) is 38.5 Å². The molecule has 0 saturated carbocycles. The first-order valence-electron chi connectivity index (χ1n) is 7.71. The molecule has 0 spiro atoms. The molecule has 0 aliphatic rings. The highest BCUT2D eigenvalue weighted by atomic mass is 32.1. The monoisotopic (exact) mass is 298 g/mol. The lowest BCUT2D eigenvalue weighted by Gasteiger charge is -2.23. The molecule has 0 amide bonds. The van der Waals surface area contributed by atoms with Gasteiger partial charge in [0.2, 0.25) is 0 Å². The maximum absolute atomic E-state index is 9.79. The van der Waals surface area contributed by atoms with Crippen molar-refractivity contribution in [2.24, 2.45) is 11.8 Å². The van der Waals surface area contributed by atoms with Crippen LogP contribution in [0.3, 0.4) is 0 Å². The molecule has 0 aliphatic carbocycles. The highest BCUT2D eigenvalue weighted by molar-refractivity contribution is 7.15. The first kappa shape index (κ1) is 17.4. The number of anilines is 1. The molecule has 1 aromatic heterocycles. The van der Waals surface area contributed by atoms with Gasteiger partial charge in [0.15, 0.2) is 5.13 Å². The lowest BCUT2D eigenvalue weighted by atomic mass is 10.1. The fourth-order valence-corrected chi connectivity index (χ4v) is 3.10. The van der Waals surface area contributed by atoms with E-state index in [0.29, 0.717) is 11.8 Å². The van der Waals surface area contributed by atoms with Gasteiger partial charge in [-0.25, -0.2) is 4.98 Å². The van der Waals surface area contributed by atoms with Crippen LogP contribution in [0.15, 0.2) is 0 Å². The molecule has 3 nitrogen and oxygen atoms in total. The van der Waals surface area contributed by atoms with E-state index in [1.54, 1.807) is 11.3 Å². The summed E-state index contributed by atoms with van der Waals surface area (Å²) in [5.74, 6) is 1.41. The van der Waals surface area contributed by atoms with Gasteiger partial charge in [0.25, 0.3) is 0 Å². The molecule has 1 N–H and O–H groups in total. The molecule has 1 heterocycles. The summed E-state index contributed by atoms with van der Waals surface area (Å²) in [4.78, 5) is 8.06. The highest BCUT2D eigenvalue weighted by Gasteiger charge is 2.17. The van der Waals surface area contributed by atoms with E-state index >= 15 is 0 Å². The maximum atomic E-state index is 9.79. The second-order valence-electron chi connectivity index (χ2n) is 6.47. The van der Waals surface area contributed by atoms with Gasteiger partial charge >= 0.3 is 0 Å². The molecule has 1 atom stereocenters. The standard InChI is InChI=1S/C16H30N2OS/c1-11(2)7-9-18(10-8-12(3)4)16-17-13(5)15(20-16)14(6)19/h11-12,14,19H,7-10H2,1-6H3. The van der Waals surface area contributed by atoms with Crippen molar-refractivity contribution in [2.45, 2.75) is 60.5 Å². The van der Waals surface area contributed by atoms with Crippen molar-refractivity contribution >= 4 is 16.5 Å². The third kappa shape index (κ3) is 5.41. The van der Waals surface area contributed by atoms with Gasteiger partial charge in [-0.15, -0.1) is 0 Å². The zero-order chi connectivity index (χ0) is 15.3. The smallest absolute Gasteiger partial charge is 0.185 e. The summed E-state index contributed by atoms with van der Waals surface area (Å²) < 4.78 is 0. The fraction of sp³-hybridized carbons (Fsp3) is 0.812. The third-order valence-corrected chi connectivity index (χ3v) is 4.81. The Bertz CT molecular complexity index is 387. The number of nitrogens with zero attached hydrogens (tertiary/aromatic N) is 2. The van der Waals surface area contributed by atoms with E-state index in [2.05, 4.69) is 37.6 Å². The number of aliphatic hydroxyl groups is 1. The molecule has 0 bridgehead atoms. The van der Waals surface area contributed by atoms with Crippen LogP contribution in [0.2, 0.25) is 0 Å². The van der Waals surface area contributed by atoms with Crippen molar-refractivity contribution in [3.05, 3.63) is 10.6 Å². The van der Waals surface area contributed by atoms with Gasteiger partial charge < -0.3 is 10.0 Å². The Morgan fingerprint density at radius 3 is 1.90 bits per heavy atom. The minimum absolute atomic E-state index is 0.418. The van der Waals surface area contributed by atoms with Crippen molar-refractivity contribution in [3.63, 3.8) is 0 Å². The van der Waals surface area contributed by atoms with Crippen molar-refractivity contribution in [2.75, 3.05) is 18.0 Å². The van der Waals surface area contributed by atoms with Crippen LogP contribution < -0.4 is 4.90 Å². The zero-order valence-corrected chi connectivity index (χ0v) is 14.6. The second kappa shape index (κ2) is 7.99. The van der Waals surface area contributed by atoms with Crippen LogP contribution in [0.5, 0.6) is 0 Å². The van der Waals surface area contributed by atoms with E-state index in [-0.39, 0.29) is 0 Å². The van der Waals surface area contributed by atoms with Crippen molar-refractivity contribution in [3.8, 4) is 0 Å². The average molecular weight is 298 g/mol. The number of thiazole rings is 1. The second-order valence-corrected chi connectivity index (χ2v) is 7.48. The first-order valence-corrected chi connectivity index (χ1v) is 8.53. The topological polar surface area (TPSA) is 36.4 Å². The zero-order valence-electron chi connectivity index (χ0n) is 13.8. The molecule has 1 rings (SSSR count). The average Bonchev–Trinajstić information content (AvgIpc) is 2.70. The third-order valence-electron chi connectivity index (χ3n) is 3.42. The Labute approximate surface area is 128 Å². The van der Waals surface area contributed by atoms with E-state index in [0.717, 1.165) is 28.8 Å². The number of aryl methyl sites for hydroxylation is 1. The number of rotatable bonds is 8. The number of aromatic nitrogens is 1. The van der Waals surface area contributed by atoms with Crippen LogP contribution in [0.25, 0.3) is 0 Å². The molecule has 0 fully saturated rings. The fourth-order valence-electron chi connectivity index (χ4n) is 2.05. The predicted molar refractivity (Wildman–Crippen MR) is 88.6 cm³/mol. The van der Waals surface area contributed by atoms with Crippen molar-refractivity contribution in [1.29, 1.82) is 0 Å². The van der Waals surface area contributed by atoms with Gasteiger partial charge in [0.05, 0.1) is 16.7 Å². The molecule has 0 radical (unpaired) electrons. The Balaban J connectivity index is 2.82. The van der Waals surface area contributed by atoms with E-state index < -0.39 is 6.10 Å².